The minimum atomic E-state index is -0.299. The molecule has 0 unspecified atom stereocenters. The van der Waals surface area contributed by atoms with Crippen LogP contribution in [0.1, 0.15) is 0 Å². The van der Waals surface area contributed by atoms with Crippen LogP contribution in [0.5, 0.6) is 0 Å². The zero-order valence-electron chi connectivity index (χ0n) is 11.0. The Hall–Kier alpha value is -2.82. The van der Waals surface area contributed by atoms with E-state index in [-0.39, 0.29) is 6.03 Å². The molecule has 1 heterocycles. The number of nitrogens with zero attached hydrogens (tertiary/aromatic N) is 1. The smallest absolute Gasteiger partial charge is 0.321 e. The maximum absolute atomic E-state index is 11.3. The molecule has 5 nitrogen and oxygen atoms in total. The van der Waals surface area contributed by atoms with E-state index < -0.39 is 0 Å². The van der Waals surface area contributed by atoms with Crippen molar-refractivity contribution in [3.63, 3.8) is 0 Å². The number of rotatable bonds is 2. The first kappa shape index (κ1) is 12.2. The summed E-state index contributed by atoms with van der Waals surface area (Å²) in [4.78, 5) is 18.7. The molecule has 0 fully saturated rings. The average molecular weight is 266 g/mol. The molecule has 2 amide bonds. The van der Waals surface area contributed by atoms with Crippen molar-refractivity contribution in [3.8, 4) is 11.1 Å². The predicted octanol–water partition coefficient (Wildman–Crippen LogP) is 2.98. The molecule has 3 N–H and O–H groups in total. The van der Waals surface area contributed by atoms with Crippen LogP contribution < -0.4 is 10.6 Å². The maximum atomic E-state index is 11.3. The monoisotopic (exact) mass is 266 g/mol. The number of aromatic amines is 1. The fourth-order valence-corrected chi connectivity index (χ4v) is 2.05. The Balaban J connectivity index is 1.97. The zero-order valence-corrected chi connectivity index (χ0v) is 11.0. The summed E-state index contributed by atoms with van der Waals surface area (Å²) >= 11 is 0. The van der Waals surface area contributed by atoms with Gasteiger partial charge in [0.25, 0.3) is 0 Å². The zero-order chi connectivity index (χ0) is 13.9. The van der Waals surface area contributed by atoms with Gasteiger partial charge in [0.05, 0.1) is 11.0 Å². The van der Waals surface area contributed by atoms with E-state index in [0.717, 1.165) is 22.2 Å². The first-order valence-corrected chi connectivity index (χ1v) is 6.30. The van der Waals surface area contributed by atoms with Crippen LogP contribution in [0.2, 0.25) is 0 Å². The molecule has 20 heavy (non-hydrogen) atoms. The number of carbonyl (C=O) groups is 1. The van der Waals surface area contributed by atoms with Gasteiger partial charge in [0.2, 0.25) is 5.95 Å². The van der Waals surface area contributed by atoms with Gasteiger partial charge in [-0.1, -0.05) is 36.4 Å². The molecule has 5 heteroatoms. The number of anilines is 1. The average Bonchev–Trinajstić information content (AvgIpc) is 2.89. The summed E-state index contributed by atoms with van der Waals surface area (Å²) in [6, 6.07) is 15.8. The lowest BCUT2D eigenvalue weighted by Crippen LogP contribution is -2.24. The Morgan fingerprint density at radius 3 is 2.65 bits per heavy atom. The molecule has 0 atom stereocenters. The second-order valence-electron chi connectivity index (χ2n) is 4.39. The van der Waals surface area contributed by atoms with Crippen LogP contribution in [0.25, 0.3) is 22.2 Å². The van der Waals surface area contributed by atoms with Gasteiger partial charge in [-0.05, 0) is 23.3 Å². The third kappa shape index (κ3) is 2.33. The molecular formula is C15H14N4O. The van der Waals surface area contributed by atoms with E-state index in [1.165, 1.54) is 0 Å². The summed E-state index contributed by atoms with van der Waals surface area (Å²) in [6.45, 7) is 0. The number of H-pyrrole nitrogens is 1. The van der Waals surface area contributed by atoms with Crippen molar-refractivity contribution < 1.29 is 4.79 Å². The van der Waals surface area contributed by atoms with Gasteiger partial charge in [0.1, 0.15) is 0 Å². The van der Waals surface area contributed by atoms with Gasteiger partial charge in [-0.3, -0.25) is 5.32 Å². The highest BCUT2D eigenvalue weighted by Crippen LogP contribution is 2.23. The van der Waals surface area contributed by atoms with E-state index >= 15 is 0 Å². The topological polar surface area (TPSA) is 69.8 Å². The van der Waals surface area contributed by atoms with Gasteiger partial charge in [0.15, 0.2) is 0 Å². The summed E-state index contributed by atoms with van der Waals surface area (Å²) in [6.07, 6.45) is 0. The second kappa shape index (κ2) is 5.05. The van der Waals surface area contributed by atoms with Gasteiger partial charge in [-0.25, -0.2) is 9.78 Å². The predicted molar refractivity (Wildman–Crippen MR) is 79.6 cm³/mol. The Morgan fingerprint density at radius 2 is 1.90 bits per heavy atom. The molecule has 0 aliphatic rings. The molecule has 0 radical (unpaired) electrons. The number of aromatic nitrogens is 2. The van der Waals surface area contributed by atoms with E-state index in [9.17, 15) is 4.79 Å². The van der Waals surface area contributed by atoms with Crippen molar-refractivity contribution in [2.45, 2.75) is 0 Å². The quantitative estimate of drug-likeness (QED) is 0.667. The third-order valence-corrected chi connectivity index (χ3v) is 3.05. The van der Waals surface area contributed by atoms with Crippen LogP contribution in [0, 0.1) is 0 Å². The van der Waals surface area contributed by atoms with Crippen molar-refractivity contribution in [3.05, 3.63) is 48.5 Å². The molecule has 100 valence electrons. The van der Waals surface area contributed by atoms with Crippen LogP contribution in [-0.2, 0) is 0 Å². The standard InChI is InChI=1S/C15H14N4O/c1-16-15(20)19-14-17-12-8-7-11(9-13(12)18-14)10-5-3-2-4-6-10/h2-9H,1H3,(H3,16,17,18,19,20). The highest BCUT2D eigenvalue weighted by Gasteiger charge is 2.06. The fraction of sp³-hybridized carbons (Fsp3) is 0.0667. The second-order valence-corrected chi connectivity index (χ2v) is 4.39. The third-order valence-electron chi connectivity index (χ3n) is 3.05. The van der Waals surface area contributed by atoms with Crippen molar-refractivity contribution >= 4 is 23.0 Å². The minimum absolute atomic E-state index is 0.299. The van der Waals surface area contributed by atoms with E-state index in [2.05, 4.69) is 32.7 Å². The van der Waals surface area contributed by atoms with Crippen LogP contribution in [0.4, 0.5) is 10.7 Å². The summed E-state index contributed by atoms with van der Waals surface area (Å²) in [7, 11) is 1.56. The summed E-state index contributed by atoms with van der Waals surface area (Å²) in [5.41, 5.74) is 3.95. The lowest BCUT2D eigenvalue weighted by atomic mass is 10.1. The molecule has 2 aromatic carbocycles. The van der Waals surface area contributed by atoms with E-state index in [4.69, 9.17) is 0 Å². The van der Waals surface area contributed by atoms with Gasteiger partial charge in [-0.15, -0.1) is 0 Å². The Kier molecular flexibility index (Phi) is 3.09. The molecule has 0 spiro atoms. The molecule has 0 saturated heterocycles. The highest BCUT2D eigenvalue weighted by molar-refractivity contribution is 5.90. The van der Waals surface area contributed by atoms with Gasteiger partial charge in [0, 0.05) is 7.05 Å². The van der Waals surface area contributed by atoms with E-state index in [0.29, 0.717) is 5.95 Å². The molecular weight excluding hydrogens is 252 g/mol. The van der Waals surface area contributed by atoms with Crippen LogP contribution in [0.15, 0.2) is 48.5 Å². The number of amides is 2. The Morgan fingerprint density at radius 1 is 1.10 bits per heavy atom. The fourth-order valence-electron chi connectivity index (χ4n) is 2.05. The summed E-state index contributed by atoms with van der Waals surface area (Å²) < 4.78 is 0. The summed E-state index contributed by atoms with van der Waals surface area (Å²) in [5.74, 6) is 0.435. The van der Waals surface area contributed by atoms with Crippen molar-refractivity contribution in [2.24, 2.45) is 0 Å². The van der Waals surface area contributed by atoms with Crippen LogP contribution in [-0.4, -0.2) is 23.0 Å². The van der Waals surface area contributed by atoms with Gasteiger partial charge >= 0.3 is 6.03 Å². The normalized spacial score (nSPS) is 10.4. The molecule has 0 saturated carbocycles. The Bertz CT molecular complexity index is 749. The largest absolute Gasteiger partial charge is 0.341 e. The van der Waals surface area contributed by atoms with Gasteiger partial charge < -0.3 is 10.3 Å². The molecule has 0 aliphatic carbocycles. The number of nitrogens with one attached hydrogen (secondary N) is 3. The maximum Gasteiger partial charge on any atom is 0.321 e. The highest BCUT2D eigenvalue weighted by atomic mass is 16.2. The van der Waals surface area contributed by atoms with Crippen LogP contribution in [0.3, 0.4) is 0 Å². The molecule has 0 aliphatic heterocycles. The number of fused-ring (bicyclic) bond motifs is 1. The van der Waals surface area contributed by atoms with Crippen molar-refractivity contribution in [2.75, 3.05) is 12.4 Å². The minimum Gasteiger partial charge on any atom is -0.341 e. The molecule has 0 bridgehead atoms. The number of urea groups is 1. The van der Waals surface area contributed by atoms with Crippen molar-refractivity contribution in [1.82, 2.24) is 15.3 Å². The Labute approximate surface area is 116 Å². The van der Waals surface area contributed by atoms with Crippen molar-refractivity contribution in [1.29, 1.82) is 0 Å². The number of imidazole rings is 1. The number of hydrogen-bond donors (Lipinski definition) is 3. The summed E-state index contributed by atoms with van der Waals surface area (Å²) in [5, 5.41) is 5.11. The van der Waals surface area contributed by atoms with Gasteiger partial charge in [-0.2, -0.15) is 0 Å². The lowest BCUT2D eigenvalue weighted by Gasteiger charge is -2.00. The number of hydrogen-bond acceptors (Lipinski definition) is 2. The van der Waals surface area contributed by atoms with E-state index in [1.807, 2.05) is 36.4 Å². The SMILES string of the molecule is CNC(=O)Nc1nc2ccc(-c3ccccc3)cc2[nH]1. The molecule has 1 aromatic heterocycles. The van der Waals surface area contributed by atoms with Crippen LogP contribution >= 0.6 is 0 Å². The molecule has 3 aromatic rings. The molecule has 3 rings (SSSR count). The lowest BCUT2D eigenvalue weighted by molar-refractivity contribution is 0.254. The first-order valence-electron chi connectivity index (χ1n) is 6.30. The van der Waals surface area contributed by atoms with E-state index in [1.54, 1.807) is 7.05 Å². The number of benzene rings is 2. The number of carbonyl (C=O) groups excluding carboxylic acids is 1. The first-order chi connectivity index (χ1) is 9.76.